The zero-order chi connectivity index (χ0) is 24.2. The van der Waals surface area contributed by atoms with Crippen LogP contribution in [0.15, 0.2) is 59.5 Å². The summed E-state index contributed by atoms with van der Waals surface area (Å²) in [7, 11) is 0. The van der Waals surface area contributed by atoms with Crippen molar-refractivity contribution in [2.75, 3.05) is 35.7 Å². The Labute approximate surface area is 219 Å². The second-order valence-corrected chi connectivity index (χ2v) is 9.78. The second-order valence-electron chi connectivity index (χ2n) is 8.93. The molecule has 1 aromatic heterocycles. The van der Waals surface area contributed by atoms with Crippen LogP contribution >= 0.6 is 24.2 Å². The summed E-state index contributed by atoms with van der Waals surface area (Å²) < 4.78 is 13.7. The summed E-state index contributed by atoms with van der Waals surface area (Å²) in [5.41, 5.74) is 5.58. The van der Waals surface area contributed by atoms with E-state index in [1.165, 1.54) is 22.1 Å². The molecule has 7 heteroatoms. The Hall–Kier alpha value is -2.57. The van der Waals surface area contributed by atoms with Crippen LogP contribution in [0, 0.1) is 12.7 Å². The van der Waals surface area contributed by atoms with E-state index in [1.54, 1.807) is 23.9 Å². The molecule has 2 heterocycles. The van der Waals surface area contributed by atoms with Crippen LogP contribution in [0.25, 0.3) is 5.57 Å². The van der Waals surface area contributed by atoms with Gasteiger partial charge in [-0.05, 0) is 73.4 Å². The number of rotatable bonds is 7. The van der Waals surface area contributed by atoms with E-state index in [1.807, 2.05) is 13.0 Å². The van der Waals surface area contributed by atoms with Crippen LogP contribution in [0.1, 0.15) is 49.9 Å². The minimum atomic E-state index is -0.192. The Morgan fingerprint density at radius 1 is 1.11 bits per heavy atom. The maximum Gasteiger partial charge on any atom is 0.232 e. The van der Waals surface area contributed by atoms with Crippen molar-refractivity contribution >= 4 is 47.2 Å². The lowest BCUT2D eigenvalue weighted by Crippen LogP contribution is -2.30. The first kappa shape index (κ1) is 27.0. The average molecular weight is 513 g/mol. The quantitative estimate of drug-likeness (QED) is 0.303. The van der Waals surface area contributed by atoms with E-state index in [4.69, 9.17) is 9.97 Å². The van der Waals surface area contributed by atoms with Crippen LogP contribution in [0.5, 0.6) is 0 Å². The first-order chi connectivity index (χ1) is 16.4. The summed E-state index contributed by atoms with van der Waals surface area (Å²) in [6.45, 7) is 11.0. The Balaban J connectivity index is 0.00000342. The van der Waals surface area contributed by atoms with Gasteiger partial charge in [0.1, 0.15) is 11.6 Å². The van der Waals surface area contributed by atoms with Gasteiger partial charge in [-0.1, -0.05) is 38.1 Å². The lowest BCUT2D eigenvalue weighted by Gasteiger charge is -2.30. The molecule has 0 N–H and O–H groups in total. The van der Waals surface area contributed by atoms with Crippen molar-refractivity contribution < 1.29 is 4.39 Å². The van der Waals surface area contributed by atoms with Gasteiger partial charge >= 0.3 is 0 Å². The molecule has 4 rings (SSSR count). The van der Waals surface area contributed by atoms with E-state index >= 15 is 0 Å². The summed E-state index contributed by atoms with van der Waals surface area (Å²) in [4.78, 5) is 15.5. The Morgan fingerprint density at radius 3 is 2.54 bits per heavy atom. The number of hydrogen-bond donors (Lipinski definition) is 0. The molecule has 4 nitrogen and oxygen atoms in total. The number of aryl methyl sites for hydroxylation is 1. The molecule has 186 valence electrons. The fourth-order valence-electron chi connectivity index (χ4n) is 4.34. The fraction of sp³-hybridized carbons (Fsp3) is 0.357. The third-order valence-corrected chi connectivity index (χ3v) is 7.04. The highest BCUT2D eigenvalue weighted by Gasteiger charge is 2.20. The van der Waals surface area contributed by atoms with Crippen molar-refractivity contribution in [2.45, 2.75) is 44.9 Å². The van der Waals surface area contributed by atoms with Gasteiger partial charge in [0.25, 0.3) is 0 Å². The van der Waals surface area contributed by atoms with Gasteiger partial charge < -0.3 is 9.80 Å². The van der Waals surface area contributed by atoms with E-state index < -0.39 is 0 Å². The molecule has 1 aliphatic rings. The Kier molecular flexibility index (Phi) is 9.20. The molecule has 1 aliphatic heterocycles. The molecular weight excluding hydrogens is 479 g/mol. The monoisotopic (exact) mass is 512 g/mol. The van der Waals surface area contributed by atoms with E-state index in [-0.39, 0.29) is 18.2 Å². The van der Waals surface area contributed by atoms with Gasteiger partial charge in [-0.3, -0.25) is 0 Å². The highest BCUT2D eigenvalue weighted by Crippen LogP contribution is 2.35. The third kappa shape index (κ3) is 6.17. The normalized spacial score (nSPS) is 13.5. The predicted octanol–water partition coefficient (Wildman–Crippen LogP) is 7.64. The molecule has 0 spiro atoms. The molecule has 0 aliphatic carbocycles. The summed E-state index contributed by atoms with van der Waals surface area (Å²) >= 11 is 1.76. The van der Waals surface area contributed by atoms with E-state index in [0.29, 0.717) is 5.92 Å². The first-order valence-electron chi connectivity index (χ1n) is 11.9. The van der Waals surface area contributed by atoms with Crippen molar-refractivity contribution in [3.63, 3.8) is 0 Å². The van der Waals surface area contributed by atoms with Crippen LogP contribution in [0.3, 0.4) is 0 Å². The molecule has 35 heavy (non-hydrogen) atoms. The molecule has 2 aromatic carbocycles. The van der Waals surface area contributed by atoms with Crippen molar-refractivity contribution in [3.05, 3.63) is 77.2 Å². The Bertz CT molecular complexity index is 1200. The molecule has 0 saturated carbocycles. The van der Waals surface area contributed by atoms with Crippen LogP contribution in [-0.2, 0) is 0 Å². The van der Waals surface area contributed by atoms with Gasteiger partial charge in [0.05, 0.1) is 5.69 Å². The van der Waals surface area contributed by atoms with Gasteiger partial charge in [0.2, 0.25) is 5.95 Å². The van der Waals surface area contributed by atoms with Gasteiger partial charge in [0.15, 0.2) is 0 Å². The van der Waals surface area contributed by atoms with Crippen molar-refractivity contribution in [2.24, 2.45) is 0 Å². The van der Waals surface area contributed by atoms with E-state index in [2.05, 4.69) is 67.2 Å². The molecule has 0 radical (unpaired) electrons. The zero-order valence-electron chi connectivity index (χ0n) is 21.1. The molecule has 0 atom stereocenters. The van der Waals surface area contributed by atoms with Crippen molar-refractivity contribution in [3.8, 4) is 0 Å². The standard InChI is InChI=1S/C28H33FN4S.ClH/c1-6-33(25-11-10-22(19(2)3)18-26(25)34-5)28-30-20(4)16-27(31-28)32-14-12-21(13-15-32)23-8-7-9-24(29)17-23;/h7-12,16-19H,6,13-15H2,1-5H3;1H. The maximum atomic E-state index is 13.7. The molecular formula is C28H34ClFN4S. The number of hydrogen-bond acceptors (Lipinski definition) is 5. The Morgan fingerprint density at radius 2 is 1.91 bits per heavy atom. The molecule has 0 unspecified atom stereocenters. The summed E-state index contributed by atoms with van der Waals surface area (Å²) in [5.74, 6) is 1.95. The highest BCUT2D eigenvalue weighted by molar-refractivity contribution is 7.98. The lowest BCUT2D eigenvalue weighted by molar-refractivity contribution is 0.627. The minimum Gasteiger partial charge on any atom is -0.352 e. The third-order valence-electron chi connectivity index (χ3n) is 6.28. The van der Waals surface area contributed by atoms with Crippen LogP contribution in [0.2, 0.25) is 0 Å². The van der Waals surface area contributed by atoms with E-state index in [9.17, 15) is 4.39 Å². The van der Waals surface area contributed by atoms with Crippen molar-refractivity contribution in [1.29, 1.82) is 0 Å². The van der Waals surface area contributed by atoms with Gasteiger partial charge in [-0.15, -0.1) is 24.2 Å². The molecule has 0 amide bonds. The lowest BCUT2D eigenvalue weighted by atomic mass is 9.99. The number of anilines is 3. The summed E-state index contributed by atoms with van der Waals surface area (Å²) in [6, 6.07) is 15.6. The number of halogens is 2. The van der Waals surface area contributed by atoms with Crippen LogP contribution in [0.4, 0.5) is 21.8 Å². The topological polar surface area (TPSA) is 32.3 Å². The van der Waals surface area contributed by atoms with Crippen molar-refractivity contribution in [1.82, 2.24) is 9.97 Å². The van der Waals surface area contributed by atoms with Crippen LogP contribution in [-0.4, -0.2) is 35.9 Å². The van der Waals surface area contributed by atoms with E-state index in [0.717, 1.165) is 54.8 Å². The number of nitrogens with zero attached hydrogens (tertiary/aromatic N) is 4. The first-order valence-corrected chi connectivity index (χ1v) is 13.1. The fourth-order valence-corrected chi connectivity index (χ4v) is 4.98. The SMILES string of the molecule is CCN(c1nc(C)cc(N2CC=C(c3cccc(F)c3)CC2)n1)c1ccc(C(C)C)cc1SC.Cl. The minimum absolute atomic E-state index is 0. The molecule has 0 saturated heterocycles. The molecule has 3 aromatic rings. The van der Waals surface area contributed by atoms with Crippen LogP contribution < -0.4 is 9.80 Å². The zero-order valence-corrected chi connectivity index (χ0v) is 22.7. The number of aromatic nitrogens is 2. The van der Waals surface area contributed by atoms with Gasteiger partial charge in [-0.2, -0.15) is 4.98 Å². The maximum absolute atomic E-state index is 13.7. The summed E-state index contributed by atoms with van der Waals surface area (Å²) in [5, 5.41) is 0. The largest absolute Gasteiger partial charge is 0.352 e. The van der Waals surface area contributed by atoms with Gasteiger partial charge in [0, 0.05) is 36.3 Å². The number of benzene rings is 2. The average Bonchev–Trinajstić information content (AvgIpc) is 2.84. The van der Waals surface area contributed by atoms with Gasteiger partial charge in [-0.25, -0.2) is 9.37 Å². The highest BCUT2D eigenvalue weighted by atomic mass is 35.5. The molecule has 0 bridgehead atoms. The summed E-state index contributed by atoms with van der Waals surface area (Å²) in [6.07, 6.45) is 5.16. The number of thioether (sulfide) groups is 1. The smallest absolute Gasteiger partial charge is 0.232 e. The second kappa shape index (κ2) is 11.9. The molecule has 0 fully saturated rings. The predicted molar refractivity (Wildman–Crippen MR) is 150 cm³/mol.